The van der Waals surface area contributed by atoms with Gasteiger partial charge in [-0.15, -0.1) is 20.4 Å². The Kier molecular flexibility index (Phi) is 7.77. The van der Waals surface area contributed by atoms with Gasteiger partial charge in [-0.1, -0.05) is 24.3 Å². The largest absolute Gasteiger partial charge is 0.479 e. The molecule has 33 heavy (non-hydrogen) atoms. The van der Waals surface area contributed by atoms with Crippen molar-refractivity contribution in [2.45, 2.75) is 26.9 Å². The third-order valence-corrected chi connectivity index (χ3v) is 4.36. The van der Waals surface area contributed by atoms with Crippen molar-refractivity contribution in [2.75, 3.05) is 6.61 Å². The third kappa shape index (κ3) is 6.17. The van der Waals surface area contributed by atoms with E-state index in [1.807, 2.05) is 0 Å². The smallest absolute Gasteiger partial charge is 0.337 e. The molecule has 1 atom stereocenters. The van der Waals surface area contributed by atoms with E-state index in [2.05, 4.69) is 20.4 Å². The molecule has 2 heterocycles. The van der Waals surface area contributed by atoms with E-state index in [9.17, 15) is 9.59 Å². The van der Waals surface area contributed by atoms with Crippen LogP contribution < -0.4 is 0 Å². The average Bonchev–Trinajstić information content (AvgIpc) is 3.46. The minimum atomic E-state index is -1.01. The van der Waals surface area contributed by atoms with Crippen molar-refractivity contribution < 1.29 is 28.3 Å². The van der Waals surface area contributed by atoms with Gasteiger partial charge in [0.25, 0.3) is 0 Å². The van der Waals surface area contributed by atoms with Crippen LogP contribution in [0.15, 0.2) is 57.4 Å². The summed E-state index contributed by atoms with van der Waals surface area (Å²) in [5.74, 6) is 0.881. The Bertz CT molecular complexity index is 1200. The summed E-state index contributed by atoms with van der Waals surface area (Å²) >= 11 is 0. The number of ether oxygens (including phenoxy) is 1. The number of carbonyl (C=O) groups is 2. The minimum absolute atomic E-state index is 0.335. The summed E-state index contributed by atoms with van der Waals surface area (Å²) in [4.78, 5) is 21.5. The van der Waals surface area contributed by atoms with E-state index in [1.54, 1.807) is 69.3 Å². The van der Waals surface area contributed by atoms with Crippen LogP contribution in [0, 0.1) is 13.8 Å². The summed E-state index contributed by atoms with van der Waals surface area (Å²) in [6.45, 7) is 5.53. The van der Waals surface area contributed by atoms with Gasteiger partial charge in [-0.3, -0.25) is 4.79 Å². The first-order valence-corrected chi connectivity index (χ1v) is 10.0. The molecule has 10 heteroatoms. The maximum atomic E-state index is 11.1. The molecule has 0 saturated heterocycles. The Morgan fingerprint density at radius 3 is 1.76 bits per heavy atom. The fourth-order valence-electron chi connectivity index (χ4n) is 2.81. The lowest BCUT2D eigenvalue weighted by molar-refractivity contribution is -0.150. The Balaban J connectivity index is 0.000000194. The summed E-state index contributed by atoms with van der Waals surface area (Å²) in [6, 6.07) is 13.8. The maximum absolute atomic E-state index is 11.1. The van der Waals surface area contributed by atoms with Crippen LogP contribution in [-0.4, -0.2) is 44.4 Å². The predicted octanol–water partition coefficient (Wildman–Crippen LogP) is 4.06. The van der Waals surface area contributed by atoms with Gasteiger partial charge < -0.3 is 18.7 Å². The molecule has 0 radical (unpaired) electrons. The molecule has 1 N–H and O–H groups in total. The van der Waals surface area contributed by atoms with Crippen LogP contribution in [0.4, 0.5) is 0 Å². The van der Waals surface area contributed by atoms with Crippen molar-refractivity contribution in [3.05, 3.63) is 71.4 Å². The fraction of sp³-hybridized carbons (Fsp3) is 0.217. The number of rotatable bonds is 7. The van der Waals surface area contributed by atoms with E-state index in [-0.39, 0.29) is 0 Å². The first kappa shape index (κ1) is 23.5. The van der Waals surface area contributed by atoms with E-state index >= 15 is 0 Å². The lowest BCUT2D eigenvalue weighted by Crippen LogP contribution is -2.15. The Hall–Kier alpha value is -4.18. The molecule has 4 rings (SSSR count). The van der Waals surface area contributed by atoms with E-state index in [0.717, 1.165) is 17.4 Å². The second kappa shape index (κ2) is 10.9. The average molecular weight is 450 g/mol. The normalized spacial score (nSPS) is 11.4. The van der Waals surface area contributed by atoms with Crippen LogP contribution in [0.1, 0.15) is 40.7 Å². The number of aryl methyl sites for hydroxylation is 2. The summed E-state index contributed by atoms with van der Waals surface area (Å²) < 4.78 is 15.7. The summed E-state index contributed by atoms with van der Waals surface area (Å²) in [6.07, 6.45) is -0.161. The zero-order chi connectivity index (χ0) is 23.8. The van der Waals surface area contributed by atoms with Gasteiger partial charge in [0, 0.05) is 37.1 Å². The number of hydrogen-bond donors (Lipinski definition) is 1. The molecule has 170 valence electrons. The Morgan fingerprint density at radius 1 is 0.909 bits per heavy atom. The fourth-order valence-corrected chi connectivity index (χ4v) is 2.81. The molecular formula is C23H22N4O6. The van der Waals surface area contributed by atoms with E-state index < -0.39 is 12.1 Å². The number of carboxylic acid groups (broad SMARTS) is 1. The number of nitrogens with zero attached hydrogens (tertiary/aromatic N) is 4. The standard InChI is InChI=1S/C13H14N2O4.C10H8N2O2/c1-3-18-11(13(16)17)9-4-6-10(7-5-9)12-15-14-8(2)19-12;1-7-11-12-10(14-7)9-4-2-8(6-13)3-5-9/h4-7,11H,3H2,1-2H3,(H,16,17);2-6H,1H3. The quantitative estimate of drug-likeness (QED) is 0.409. The van der Waals surface area contributed by atoms with Crippen molar-refractivity contribution in [1.82, 2.24) is 20.4 Å². The first-order valence-electron chi connectivity index (χ1n) is 10.0. The lowest BCUT2D eigenvalue weighted by atomic mass is 10.1. The summed E-state index contributed by atoms with van der Waals surface area (Å²) in [7, 11) is 0. The van der Waals surface area contributed by atoms with Gasteiger partial charge in [0.1, 0.15) is 6.29 Å². The molecular weight excluding hydrogens is 428 g/mol. The van der Waals surface area contributed by atoms with Crippen molar-refractivity contribution in [1.29, 1.82) is 0 Å². The molecule has 0 fully saturated rings. The summed E-state index contributed by atoms with van der Waals surface area (Å²) in [5.41, 5.74) is 2.76. The monoisotopic (exact) mass is 450 g/mol. The van der Waals surface area contributed by atoms with Crippen molar-refractivity contribution in [2.24, 2.45) is 0 Å². The molecule has 0 bridgehead atoms. The minimum Gasteiger partial charge on any atom is -0.479 e. The molecule has 0 aliphatic heterocycles. The lowest BCUT2D eigenvalue weighted by Gasteiger charge is -2.12. The third-order valence-electron chi connectivity index (χ3n) is 4.36. The highest BCUT2D eigenvalue weighted by atomic mass is 16.5. The molecule has 10 nitrogen and oxygen atoms in total. The molecule has 0 aliphatic carbocycles. The Morgan fingerprint density at radius 2 is 1.39 bits per heavy atom. The molecule has 4 aromatic rings. The van der Waals surface area contributed by atoms with Gasteiger partial charge in [0.15, 0.2) is 6.10 Å². The first-order chi connectivity index (χ1) is 15.9. The van der Waals surface area contributed by atoms with Crippen molar-refractivity contribution in [3.8, 4) is 22.9 Å². The molecule has 0 aliphatic rings. The molecule has 1 unspecified atom stereocenters. The van der Waals surface area contributed by atoms with Gasteiger partial charge >= 0.3 is 5.97 Å². The number of carbonyl (C=O) groups excluding carboxylic acids is 1. The maximum Gasteiger partial charge on any atom is 0.337 e. The highest BCUT2D eigenvalue weighted by Crippen LogP contribution is 2.23. The second-order valence-electron chi connectivity index (χ2n) is 6.79. The topological polar surface area (TPSA) is 141 Å². The van der Waals surface area contributed by atoms with Crippen LogP contribution >= 0.6 is 0 Å². The Labute approximate surface area is 189 Å². The number of carboxylic acids is 1. The predicted molar refractivity (Wildman–Crippen MR) is 116 cm³/mol. The van der Waals surface area contributed by atoms with Crippen LogP contribution in [0.2, 0.25) is 0 Å². The van der Waals surface area contributed by atoms with E-state index in [1.165, 1.54) is 0 Å². The highest BCUT2D eigenvalue weighted by Gasteiger charge is 2.20. The van der Waals surface area contributed by atoms with Gasteiger partial charge in [-0.25, -0.2) is 4.79 Å². The van der Waals surface area contributed by atoms with Gasteiger partial charge in [0.05, 0.1) is 0 Å². The molecule has 2 aromatic carbocycles. The summed E-state index contributed by atoms with van der Waals surface area (Å²) in [5, 5.41) is 24.3. The van der Waals surface area contributed by atoms with Crippen LogP contribution in [0.25, 0.3) is 22.9 Å². The van der Waals surface area contributed by atoms with Gasteiger partial charge in [0.2, 0.25) is 23.6 Å². The van der Waals surface area contributed by atoms with E-state index in [0.29, 0.717) is 41.3 Å². The number of benzene rings is 2. The molecule has 0 amide bonds. The molecule has 2 aromatic heterocycles. The SMILES string of the molecule is CCOC(C(=O)O)c1ccc(-c2nnc(C)o2)cc1.Cc1nnc(-c2ccc(C=O)cc2)o1. The van der Waals surface area contributed by atoms with Crippen LogP contribution in [0.5, 0.6) is 0 Å². The van der Waals surface area contributed by atoms with Gasteiger partial charge in [-0.05, 0) is 36.8 Å². The second-order valence-corrected chi connectivity index (χ2v) is 6.79. The van der Waals surface area contributed by atoms with Crippen molar-refractivity contribution >= 4 is 12.3 Å². The number of aldehydes is 1. The van der Waals surface area contributed by atoms with E-state index in [4.69, 9.17) is 18.7 Å². The molecule has 0 saturated carbocycles. The number of hydrogen-bond acceptors (Lipinski definition) is 9. The van der Waals surface area contributed by atoms with Crippen LogP contribution in [-0.2, 0) is 9.53 Å². The van der Waals surface area contributed by atoms with Gasteiger partial charge in [-0.2, -0.15) is 0 Å². The molecule has 0 spiro atoms. The number of aromatic nitrogens is 4. The number of aliphatic carboxylic acids is 1. The van der Waals surface area contributed by atoms with Crippen molar-refractivity contribution in [3.63, 3.8) is 0 Å². The zero-order valence-electron chi connectivity index (χ0n) is 18.3. The van der Waals surface area contributed by atoms with Crippen LogP contribution in [0.3, 0.4) is 0 Å². The highest BCUT2D eigenvalue weighted by molar-refractivity contribution is 5.76. The zero-order valence-corrected chi connectivity index (χ0v) is 18.3.